The minimum absolute atomic E-state index is 0.367. The van der Waals surface area contributed by atoms with Crippen molar-refractivity contribution in [1.82, 2.24) is 14.8 Å². The average Bonchev–Trinajstić information content (AvgIpc) is 3.58. The molecule has 0 amide bonds. The topological polar surface area (TPSA) is 50.3 Å². The summed E-state index contributed by atoms with van der Waals surface area (Å²) in [5, 5.41) is 1.19. The number of fused-ring (bicyclic) bond motifs is 1. The summed E-state index contributed by atoms with van der Waals surface area (Å²) >= 11 is 0. The van der Waals surface area contributed by atoms with Gasteiger partial charge >= 0.3 is 0 Å². The predicted octanol–water partition coefficient (Wildman–Crippen LogP) is 3.65. The summed E-state index contributed by atoms with van der Waals surface area (Å²) < 4.78 is 17.6. The number of hydrogen-bond donors (Lipinski definition) is 0. The van der Waals surface area contributed by atoms with Crippen molar-refractivity contribution in [1.29, 1.82) is 0 Å². The van der Waals surface area contributed by atoms with Crippen molar-refractivity contribution in [3.05, 3.63) is 30.0 Å². The average molecular weight is 467 g/mol. The van der Waals surface area contributed by atoms with Crippen molar-refractivity contribution < 1.29 is 14.2 Å². The van der Waals surface area contributed by atoms with Crippen molar-refractivity contribution in [3.63, 3.8) is 0 Å². The zero-order valence-electron chi connectivity index (χ0n) is 20.5. The van der Waals surface area contributed by atoms with Gasteiger partial charge in [0.05, 0.1) is 31.5 Å². The van der Waals surface area contributed by atoms with Gasteiger partial charge in [-0.25, -0.2) is 0 Å². The van der Waals surface area contributed by atoms with Crippen LogP contribution >= 0.6 is 0 Å². The third-order valence-electron chi connectivity index (χ3n) is 8.42. The molecule has 1 spiro atoms. The molecule has 1 aromatic heterocycles. The third-order valence-corrected chi connectivity index (χ3v) is 8.42. The third kappa shape index (κ3) is 4.39. The molecular formula is C27H38N4O3. The fourth-order valence-electron chi connectivity index (χ4n) is 6.47. The molecule has 1 aromatic carbocycles. The first kappa shape index (κ1) is 22.5. The number of nitrogens with zero attached hydrogens (tertiary/aromatic N) is 4. The van der Waals surface area contributed by atoms with Gasteiger partial charge in [-0.15, -0.1) is 0 Å². The highest BCUT2D eigenvalue weighted by Gasteiger charge is 2.40. The van der Waals surface area contributed by atoms with E-state index in [0.29, 0.717) is 13.2 Å². The molecule has 4 aliphatic rings. The molecule has 4 heterocycles. The van der Waals surface area contributed by atoms with Gasteiger partial charge in [-0.1, -0.05) is 12.8 Å². The van der Waals surface area contributed by atoms with Gasteiger partial charge in [-0.3, -0.25) is 14.8 Å². The quantitative estimate of drug-likeness (QED) is 0.667. The number of piperazine rings is 1. The summed E-state index contributed by atoms with van der Waals surface area (Å²) in [6, 6.07) is 7.07. The predicted molar refractivity (Wildman–Crippen MR) is 133 cm³/mol. The van der Waals surface area contributed by atoms with Gasteiger partial charge in [-0.2, -0.15) is 0 Å². The van der Waals surface area contributed by atoms with E-state index in [4.69, 9.17) is 19.2 Å². The number of ether oxygens (including phenoxy) is 3. The number of methoxy groups -OCH3 is 1. The largest absolute Gasteiger partial charge is 0.497 e. The number of benzene rings is 1. The lowest BCUT2D eigenvalue weighted by Gasteiger charge is -2.41. The Morgan fingerprint density at radius 2 is 1.74 bits per heavy atom. The summed E-state index contributed by atoms with van der Waals surface area (Å²) in [4.78, 5) is 12.7. The molecule has 4 fully saturated rings. The van der Waals surface area contributed by atoms with Crippen molar-refractivity contribution in [3.8, 4) is 5.75 Å². The standard InChI is InChI=1S/C27H38N4O3/c1-32-23-6-7-25-24(18-23)26(31-10-8-27(9-11-31)33-16-17-34-27)21(19-28-25)20-29-12-14-30(15-13-29)22-4-2-3-5-22/h6-7,18-19,22H,2-5,8-17,20H2,1H3. The van der Waals surface area contributed by atoms with Gasteiger partial charge in [0.2, 0.25) is 0 Å². The van der Waals surface area contributed by atoms with E-state index in [2.05, 4.69) is 33.0 Å². The molecule has 0 atom stereocenters. The fourth-order valence-corrected chi connectivity index (χ4v) is 6.47. The summed E-state index contributed by atoms with van der Waals surface area (Å²) in [5.41, 5.74) is 3.66. The molecule has 3 saturated heterocycles. The molecular weight excluding hydrogens is 428 g/mol. The van der Waals surface area contributed by atoms with Crippen LogP contribution in [0.25, 0.3) is 10.9 Å². The molecule has 1 saturated carbocycles. The van der Waals surface area contributed by atoms with E-state index in [1.54, 1.807) is 7.11 Å². The molecule has 7 nitrogen and oxygen atoms in total. The highest BCUT2D eigenvalue weighted by atomic mass is 16.7. The van der Waals surface area contributed by atoms with E-state index in [0.717, 1.165) is 62.9 Å². The highest BCUT2D eigenvalue weighted by molar-refractivity contribution is 5.94. The first-order valence-electron chi connectivity index (χ1n) is 13.2. The summed E-state index contributed by atoms with van der Waals surface area (Å²) in [6.45, 7) is 8.89. The number of pyridine rings is 1. The molecule has 0 bridgehead atoms. The van der Waals surface area contributed by atoms with E-state index < -0.39 is 0 Å². The second-order valence-electron chi connectivity index (χ2n) is 10.4. The molecule has 6 rings (SSSR count). The van der Waals surface area contributed by atoms with Gasteiger partial charge in [0, 0.05) is 81.8 Å². The van der Waals surface area contributed by atoms with Gasteiger partial charge in [0.1, 0.15) is 5.75 Å². The molecule has 3 aliphatic heterocycles. The molecule has 1 aliphatic carbocycles. The maximum Gasteiger partial charge on any atom is 0.171 e. The van der Waals surface area contributed by atoms with E-state index in [1.165, 1.54) is 55.4 Å². The van der Waals surface area contributed by atoms with Gasteiger partial charge in [0.25, 0.3) is 0 Å². The van der Waals surface area contributed by atoms with Crippen LogP contribution in [0.3, 0.4) is 0 Å². The Hall–Kier alpha value is -1.93. The number of hydrogen-bond acceptors (Lipinski definition) is 7. The molecule has 0 unspecified atom stereocenters. The van der Waals surface area contributed by atoms with Crippen molar-refractivity contribution >= 4 is 16.6 Å². The summed E-state index contributed by atoms with van der Waals surface area (Å²) in [6.07, 6.45) is 9.53. The normalized spacial score (nSPS) is 24.4. The monoisotopic (exact) mass is 466 g/mol. The van der Waals surface area contributed by atoms with E-state index in [9.17, 15) is 0 Å². The van der Waals surface area contributed by atoms with Crippen molar-refractivity contribution in [2.45, 2.75) is 56.9 Å². The number of piperidine rings is 1. The highest BCUT2D eigenvalue weighted by Crippen LogP contribution is 2.38. The first-order chi connectivity index (χ1) is 16.7. The first-order valence-corrected chi connectivity index (χ1v) is 13.2. The maximum atomic E-state index is 6.00. The molecule has 0 N–H and O–H groups in total. The summed E-state index contributed by atoms with van der Waals surface area (Å²) in [5.74, 6) is 0.516. The van der Waals surface area contributed by atoms with Crippen LogP contribution in [-0.4, -0.2) is 86.2 Å². The second-order valence-corrected chi connectivity index (χ2v) is 10.4. The smallest absolute Gasteiger partial charge is 0.171 e. The van der Waals surface area contributed by atoms with E-state index in [-0.39, 0.29) is 5.79 Å². The second kappa shape index (κ2) is 9.61. The van der Waals surface area contributed by atoms with Crippen LogP contribution in [0.4, 0.5) is 5.69 Å². The molecule has 34 heavy (non-hydrogen) atoms. The lowest BCUT2D eigenvalue weighted by atomic mass is 10.00. The number of anilines is 1. The Morgan fingerprint density at radius 3 is 2.44 bits per heavy atom. The van der Waals surface area contributed by atoms with Crippen LogP contribution in [0.15, 0.2) is 24.4 Å². The Labute approximate surface area is 202 Å². The van der Waals surface area contributed by atoms with E-state index >= 15 is 0 Å². The fraction of sp³-hybridized carbons (Fsp3) is 0.667. The van der Waals surface area contributed by atoms with Gasteiger partial charge in [0.15, 0.2) is 5.79 Å². The van der Waals surface area contributed by atoms with Crippen LogP contribution in [-0.2, 0) is 16.0 Å². The Kier molecular flexibility index (Phi) is 6.37. The van der Waals surface area contributed by atoms with Crippen LogP contribution in [0.1, 0.15) is 44.1 Å². The maximum absolute atomic E-state index is 6.00. The minimum atomic E-state index is -0.367. The van der Waals surface area contributed by atoms with E-state index in [1.807, 2.05) is 6.07 Å². The lowest BCUT2D eigenvalue weighted by molar-refractivity contribution is -0.169. The Bertz CT molecular complexity index is 985. The van der Waals surface area contributed by atoms with Crippen LogP contribution in [0.2, 0.25) is 0 Å². The minimum Gasteiger partial charge on any atom is -0.497 e. The molecule has 184 valence electrons. The molecule has 0 radical (unpaired) electrons. The number of aromatic nitrogens is 1. The van der Waals surface area contributed by atoms with Crippen molar-refractivity contribution in [2.75, 3.05) is 64.5 Å². The van der Waals surface area contributed by atoms with Gasteiger partial charge in [-0.05, 0) is 31.0 Å². The van der Waals surface area contributed by atoms with Crippen LogP contribution in [0, 0.1) is 0 Å². The Morgan fingerprint density at radius 1 is 1.00 bits per heavy atom. The molecule has 2 aromatic rings. The number of rotatable bonds is 5. The lowest BCUT2D eigenvalue weighted by Crippen LogP contribution is -2.49. The zero-order valence-corrected chi connectivity index (χ0v) is 20.5. The SMILES string of the molecule is COc1ccc2ncc(CN3CCN(C4CCCC4)CC3)c(N3CCC4(CC3)OCCO4)c2c1. The van der Waals surface area contributed by atoms with Crippen molar-refractivity contribution in [2.24, 2.45) is 0 Å². The van der Waals surface area contributed by atoms with Crippen LogP contribution < -0.4 is 9.64 Å². The van der Waals surface area contributed by atoms with Crippen LogP contribution in [0.5, 0.6) is 5.75 Å². The Balaban J connectivity index is 1.24. The van der Waals surface area contributed by atoms with Gasteiger partial charge < -0.3 is 19.1 Å². The summed E-state index contributed by atoms with van der Waals surface area (Å²) in [7, 11) is 1.74. The zero-order chi connectivity index (χ0) is 23.0. The molecule has 7 heteroatoms.